The van der Waals surface area contributed by atoms with Gasteiger partial charge >= 0.3 is 0 Å². The number of rotatable bonds is 21. The number of β-amino-alcohol motifs (C(OH)–C–C–N with tert-alkyl or cyclic N) is 1. The third-order valence-corrected chi connectivity index (χ3v) is 16.3. The Morgan fingerprint density at radius 3 is 2.31 bits per heavy atom. The van der Waals surface area contributed by atoms with Gasteiger partial charge in [-0.15, -0.1) is 21.5 Å². The molecule has 0 spiro atoms. The molecule has 4 fully saturated rings. The Kier molecular flexibility index (Phi) is 16.8. The topological polar surface area (TPSA) is 215 Å². The largest absolute Gasteiger partial charge is 0.489 e. The predicted octanol–water partition coefficient (Wildman–Crippen LogP) is 5.70. The summed E-state index contributed by atoms with van der Waals surface area (Å²) in [6.45, 7) is 15.8. The van der Waals surface area contributed by atoms with Crippen molar-refractivity contribution in [3.05, 3.63) is 102 Å². The van der Waals surface area contributed by atoms with Gasteiger partial charge in [0.25, 0.3) is 0 Å². The number of ether oxygens (including phenoxy) is 4. The maximum absolute atomic E-state index is 14.3. The number of fused-ring (bicyclic) bond motifs is 2. The number of hydrogen-bond donors (Lipinski definition) is 3. The number of piperazine rings is 2. The number of aliphatic hydroxyl groups excluding tert-OH is 1. The molecular formula is C56H71N13O7S. The number of nitrogens with one attached hydrogen (secondary N) is 1. The molecule has 4 aliphatic rings. The van der Waals surface area contributed by atoms with E-state index < -0.39 is 18.2 Å². The van der Waals surface area contributed by atoms with Crippen LogP contribution in [0.4, 0.5) is 17.2 Å². The summed E-state index contributed by atoms with van der Waals surface area (Å²) in [5.74, 6) is 1.58. The van der Waals surface area contributed by atoms with Crippen LogP contribution in [0.25, 0.3) is 21.7 Å². The number of amides is 2. The van der Waals surface area contributed by atoms with Gasteiger partial charge in [-0.25, -0.2) is 9.97 Å². The summed E-state index contributed by atoms with van der Waals surface area (Å²) in [5, 5.41) is 27.2. The molecule has 77 heavy (non-hydrogen) atoms. The standard InChI is InChI=1S/C56H71N13O7S/c1-36(2)52(56(72)67-32-44(70)27-49(67)55(71)61-37(3)39-10-12-40(13-11-39)53-38(4)59-34-77-53)68-33-45(29-60-68)74-24-22-64-18-20-65(21-19-64)23-25-75-51-26-41(16-17-58-51)69-42-14-15-43(69)31-66(30-42)48-28-47(62-63-54(48)57)46-8-6-7-9-50(46)76-35-73-5/h6-13,16-17,26,28-29,33-34,36-37,42-44,49,52,70H,14-15,18-25,27,30-32,35H2,1-5H3,(H2,57,63)(H,61,71)/t37?,42?,43?,44-,49+,52?/m1/s1. The van der Waals surface area contributed by atoms with Gasteiger partial charge in [-0.3, -0.25) is 24.1 Å². The highest BCUT2D eigenvalue weighted by Crippen LogP contribution is 2.40. The Balaban J connectivity index is 0.656. The van der Waals surface area contributed by atoms with Gasteiger partial charge in [-0.1, -0.05) is 50.2 Å². The van der Waals surface area contributed by atoms with E-state index in [9.17, 15) is 14.7 Å². The fourth-order valence-electron chi connectivity index (χ4n) is 11.3. The summed E-state index contributed by atoms with van der Waals surface area (Å²) in [5.41, 5.74) is 14.8. The number of aliphatic hydroxyl groups is 1. The average molecular weight is 1070 g/mol. The number of carbonyl (C=O) groups excluding carboxylic acids is 2. The zero-order valence-corrected chi connectivity index (χ0v) is 45.4. The third-order valence-electron chi connectivity index (χ3n) is 15.3. The number of nitrogens with two attached hydrogens (primary N) is 1. The quantitative estimate of drug-likeness (QED) is 0.0737. The van der Waals surface area contributed by atoms with E-state index in [4.69, 9.17) is 24.7 Å². The first-order valence-electron chi connectivity index (χ1n) is 26.8. The summed E-state index contributed by atoms with van der Waals surface area (Å²) in [6.07, 6.45) is 6.74. The molecule has 4 aliphatic heterocycles. The van der Waals surface area contributed by atoms with Crippen molar-refractivity contribution in [3.8, 4) is 39.1 Å². The third kappa shape index (κ3) is 12.3. The maximum Gasteiger partial charge on any atom is 0.248 e. The molecule has 6 atom stereocenters. The molecule has 4 aromatic heterocycles. The molecule has 4 saturated heterocycles. The minimum atomic E-state index is -0.810. The van der Waals surface area contributed by atoms with Crippen molar-refractivity contribution in [2.75, 3.05) is 102 Å². The number of benzene rings is 2. The molecular weight excluding hydrogens is 999 g/mol. The zero-order valence-electron chi connectivity index (χ0n) is 44.6. The van der Waals surface area contributed by atoms with Gasteiger partial charge in [0.1, 0.15) is 31.0 Å². The number of para-hydroxylation sites is 1. The monoisotopic (exact) mass is 1070 g/mol. The molecule has 2 aromatic carbocycles. The SMILES string of the molecule is COCOc1ccccc1-c1cc(N2CC3CCC(C2)N3c2ccnc(OCCN3CCN(CCOc4cnn(C(C(=O)N5C[C@H](O)C[C@H]5C(=O)NC(C)c5ccc(-c6scnc6C)cc5)C(C)C)c4)CC3)c2)c(N)nn1. The Bertz CT molecular complexity index is 2940. The molecule has 10 rings (SSSR count). The van der Waals surface area contributed by atoms with Gasteiger partial charge in [0.15, 0.2) is 18.4 Å². The van der Waals surface area contributed by atoms with Crippen molar-refractivity contribution in [2.24, 2.45) is 5.92 Å². The fourth-order valence-corrected chi connectivity index (χ4v) is 12.1. The lowest BCUT2D eigenvalue weighted by Crippen LogP contribution is -2.54. The highest BCUT2D eigenvalue weighted by atomic mass is 32.1. The van der Waals surface area contributed by atoms with E-state index >= 15 is 0 Å². The van der Waals surface area contributed by atoms with Gasteiger partial charge in [0.05, 0.1) is 52.0 Å². The van der Waals surface area contributed by atoms with Crippen LogP contribution in [-0.4, -0.2) is 172 Å². The molecule has 6 aromatic rings. The number of thiazole rings is 1. The first-order chi connectivity index (χ1) is 37.4. The molecule has 408 valence electrons. The van der Waals surface area contributed by atoms with E-state index in [0.29, 0.717) is 54.2 Å². The lowest BCUT2D eigenvalue weighted by atomic mass is 10.0. The molecule has 4 N–H and O–H groups in total. The smallest absolute Gasteiger partial charge is 0.248 e. The minimum Gasteiger partial charge on any atom is -0.489 e. The summed E-state index contributed by atoms with van der Waals surface area (Å²) in [6, 6.07) is 20.8. The normalized spacial score (nSPS) is 20.6. The number of aromatic nitrogens is 6. The molecule has 21 heteroatoms. The number of nitrogen functional groups attached to an aromatic ring is 1. The van der Waals surface area contributed by atoms with Crippen molar-refractivity contribution in [2.45, 2.75) is 83.3 Å². The second-order valence-corrected chi connectivity index (χ2v) is 21.7. The number of likely N-dealkylation sites (tertiary alicyclic amines) is 1. The van der Waals surface area contributed by atoms with Crippen LogP contribution < -0.4 is 35.1 Å². The number of hydrogen-bond acceptors (Lipinski definition) is 18. The van der Waals surface area contributed by atoms with E-state index in [1.165, 1.54) is 4.90 Å². The number of pyridine rings is 1. The predicted molar refractivity (Wildman–Crippen MR) is 295 cm³/mol. The van der Waals surface area contributed by atoms with E-state index in [-0.39, 0.29) is 43.5 Å². The molecule has 0 saturated carbocycles. The molecule has 2 amide bonds. The van der Waals surface area contributed by atoms with Crippen molar-refractivity contribution >= 4 is 40.3 Å². The van der Waals surface area contributed by atoms with Gasteiger partial charge in [0.2, 0.25) is 17.7 Å². The van der Waals surface area contributed by atoms with Gasteiger partial charge in [-0.2, -0.15) is 5.10 Å². The number of carbonyl (C=O) groups is 2. The van der Waals surface area contributed by atoms with Crippen LogP contribution in [0.15, 0.2) is 90.8 Å². The highest BCUT2D eigenvalue weighted by Gasteiger charge is 2.44. The lowest BCUT2D eigenvalue weighted by Gasteiger charge is -2.43. The van der Waals surface area contributed by atoms with Gasteiger partial charge < -0.3 is 49.8 Å². The Hall–Kier alpha value is -6.91. The first-order valence-corrected chi connectivity index (χ1v) is 27.7. The van der Waals surface area contributed by atoms with Gasteiger partial charge in [-0.05, 0) is 68.0 Å². The summed E-state index contributed by atoms with van der Waals surface area (Å²) in [4.78, 5) is 49.3. The van der Waals surface area contributed by atoms with E-state index in [1.54, 1.807) is 35.5 Å². The zero-order chi connectivity index (χ0) is 53.6. The Morgan fingerprint density at radius 2 is 1.61 bits per heavy atom. The fraction of sp³-hybridized carbons (Fsp3) is 0.482. The highest BCUT2D eigenvalue weighted by molar-refractivity contribution is 7.13. The average Bonchev–Trinajstić information content (AvgIpc) is 4.24. The van der Waals surface area contributed by atoms with Crippen LogP contribution >= 0.6 is 11.3 Å². The minimum absolute atomic E-state index is 0.0732. The van der Waals surface area contributed by atoms with Crippen LogP contribution in [0.2, 0.25) is 0 Å². The Morgan fingerprint density at radius 1 is 0.883 bits per heavy atom. The van der Waals surface area contributed by atoms with Crippen molar-refractivity contribution in [1.29, 1.82) is 0 Å². The molecule has 0 aliphatic carbocycles. The van der Waals surface area contributed by atoms with Crippen molar-refractivity contribution < 1.29 is 33.6 Å². The maximum atomic E-state index is 14.3. The van der Waals surface area contributed by atoms with Crippen LogP contribution in [0.1, 0.15) is 63.4 Å². The number of nitrogens with zero attached hydrogens (tertiary/aromatic N) is 11. The van der Waals surface area contributed by atoms with E-state index in [2.05, 4.69) is 62.3 Å². The second-order valence-electron chi connectivity index (χ2n) is 20.8. The van der Waals surface area contributed by atoms with Crippen molar-refractivity contribution in [1.82, 2.24) is 50.0 Å². The molecule has 4 unspecified atom stereocenters. The molecule has 2 bridgehead atoms. The van der Waals surface area contributed by atoms with Crippen molar-refractivity contribution in [3.63, 3.8) is 0 Å². The van der Waals surface area contributed by atoms with Crippen LogP contribution in [0.3, 0.4) is 0 Å². The van der Waals surface area contributed by atoms with Crippen LogP contribution in [0, 0.1) is 12.8 Å². The number of anilines is 3. The summed E-state index contributed by atoms with van der Waals surface area (Å²) < 4.78 is 25.0. The number of methoxy groups -OCH3 is 1. The summed E-state index contributed by atoms with van der Waals surface area (Å²) in [7, 11) is 1.60. The van der Waals surface area contributed by atoms with E-state index in [1.807, 2.05) is 94.0 Å². The van der Waals surface area contributed by atoms with Gasteiger partial charge in [0, 0.05) is 108 Å². The lowest BCUT2D eigenvalue weighted by molar-refractivity contribution is -0.142. The first kappa shape index (κ1) is 53.5. The molecule has 0 radical (unpaired) electrons. The molecule has 20 nitrogen and oxygen atoms in total. The second kappa shape index (κ2) is 24.2. The van der Waals surface area contributed by atoms with Crippen LogP contribution in [0.5, 0.6) is 17.4 Å². The molecule has 8 heterocycles. The Labute approximate surface area is 454 Å². The number of aryl methyl sites for hydroxylation is 1. The van der Waals surface area contributed by atoms with E-state index in [0.717, 1.165) is 104 Å². The van der Waals surface area contributed by atoms with Crippen LogP contribution in [-0.2, 0) is 14.3 Å². The summed E-state index contributed by atoms with van der Waals surface area (Å²) >= 11 is 1.60.